The van der Waals surface area contributed by atoms with E-state index in [2.05, 4.69) is 57.0 Å². The second-order valence-corrected chi connectivity index (χ2v) is 37.5. The van der Waals surface area contributed by atoms with Gasteiger partial charge in [0, 0.05) is 161 Å². The summed E-state index contributed by atoms with van der Waals surface area (Å²) in [5, 5.41) is 46.2. The number of carbonyl (C=O) groups is 15. The van der Waals surface area contributed by atoms with E-state index in [1.807, 2.05) is 74.5 Å². The van der Waals surface area contributed by atoms with Gasteiger partial charge in [0.05, 0.1) is 6.42 Å². The fraction of sp³-hybridized carbons (Fsp3) is 0.400. The monoisotopic (exact) mass is 1820 g/mol. The van der Waals surface area contributed by atoms with Gasteiger partial charge in [0.2, 0.25) is 35.4 Å². The number of carboxylic acids is 3. The minimum atomic E-state index is -1.07. The molecule has 10 N–H and O–H groups in total. The maximum absolute atomic E-state index is 13.0. The van der Waals surface area contributed by atoms with Gasteiger partial charge in [0.25, 0.3) is 17.7 Å². The Balaban J connectivity index is 0.000000211. The molecule has 39 heteroatoms. The molecule has 6 heterocycles. The van der Waals surface area contributed by atoms with Crippen molar-refractivity contribution in [3.05, 3.63) is 197 Å². The Bertz CT molecular complexity index is 4780. The molecule has 0 bridgehead atoms. The topological polar surface area (TPSA) is 445 Å². The summed E-state index contributed by atoms with van der Waals surface area (Å²) in [5.74, 6) is -2.13. The zero-order valence-electron chi connectivity index (χ0n) is 68.4. The molecular formula is C85H100N12O21S6. The Labute approximate surface area is 740 Å². The number of nitrogens with zero attached hydrogens (tertiary/aromatic N) is 5. The van der Waals surface area contributed by atoms with E-state index in [1.165, 1.54) is 84.4 Å². The van der Waals surface area contributed by atoms with E-state index < -0.39 is 60.4 Å². The molecule has 3 unspecified atom stereocenters. The van der Waals surface area contributed by atoms with Gasteiger partial charge in [-0.3, -0.25) is 68.7 Å². The number of ether oxygens (including phenoxy) is 3. The molecule has 12 amide bonds. The average molecular weight is 1820 g/mol. The molecule has 0 aromatic heterocycles. The Morgan fingerprint density at radius 2 is 0.798 bits per heavy atom. The predicted molar refractivity (Wildman–Crippen MR) is 476 cm³/mol. The zero-order valence-corrected chi connectivity index (χ0v) is 73.3. The molecule has 11 rings (SSSR count). The SMILES string of the molecule is C=C1CCC(N2Cc3c(NC(=O)OCCSSCCC(=O)N(CC(=O)O)Cc4ccccc4)cccc3C2=O)C(=O)N1.C=C1CCC(N2Cc3c(NC(=O)OCCSSCCC(=O)N(CCC(=O)O)Cc4ccccc4)cccc3C2=O)C(=O)N1.C=C1CCC(N2Cc3c(NC(=O)OCCSSCCC(=O)N[C@@H](CC(C)C)C(=O)O)cccc3C2=O)C(=O)N1. The van der Waals surface area contributed by atoms with Crippen LogP contribution in [0.4, 0.5) is 31.4 Å². The molecule has 0 aliphatic carbocycles. The average Bonchev–Trinajstić information content (AvgIpc) is 1.64. The van der Waals surface area contributed by atoms with Gasteiger partial charge in [-0.1, -0.05) is 177 Å². The molecule has 124 heavy (non-hydrogen) atoms. The number of rotatable bonds is 40. The number of piperidine rings is 3. The van der Waals surface area contributed by atoms with Crippen molar-refractivity contribution in [3.8, 4) is 0 Å². The fourth-order valence-corrected chi connectivity index (χ4v) is 19.3. The van der Waals surface area contributed by atoms with Crippen molar-refractivity contribution in [2.45, 2.75) is 141 Å². The second kappa shape index (κ2) is 48.8. The number of amides is 12. The van der Waals surface area contributed by atoms with E-state index in [4.69, 9.17) is 19.3 Å². The summed E-state index contributed by atoms with van der Waals surface area (Å²) < 4.78 is 15.8. The first-order valence-corrected chi connectivity index (χ1v) is 47.4. The number of anilines is 3. The van der Waals surface area contributed by atoms with Crippen LogP contribution in [0.3, 0.4) is 0 Å². The number of nitrogens with one attached hydrogen (secondary N) is 7. The lowest BCUT2D eigenvalue weighted by Crippen LogP contribution is -2.49. The second-order valence-electron chi connectivity index (χ2n) is 29.4. The number of benzene rings is 5. The van der Waals surface area contributed by atoms with Crippen LogP contribution in [0, 0.1) is 5.92 Å². The number of carboxylic acid groups (broad SMARTS) is 3. The molecule has 3 fully saturated rings. The van der Waals surface area contributed by atoms with Crippen LogP contribution in [0.1, 0.15) is 143 Å². The van der Waals surface area contributed by atoms with Gasteiger partial charge < -0.3 is 75.3 Å². The molecule has 4 atom stereocenters. The van der Waals surface area contributed by atoms with E-state index in [9.17, 15) is 82.1 Å². The van der Waals surface area contributed by atoms with Crippen LogP contribution in [0.5, 0.6) is 0 Å². The third-order valence-corrected chi connectivity index (χ3v) is 27.0. The third-order valence-electron chi connectivity index (χ3n) is 19.9. The summed E-state index contributed by atoms with van der Waals surface area (Å²) in [6, 6.07) is 31.1. The first-order chi connectivity index (χ1) is 59.5. The van der Waals surface area contributed by atoms with E-state index in [1.54, 1.807) is 59.5 Å². The Hall–Kier alpha value is -11.1. The van der Waals surface area contributed by atoms with Crippen LogP contribution in [0.2, 0.25) is 0 Å². The van der Waals surface area contributed by atoms with E-state index in [0.717, 1.165) is 11.1 Å². The molecule has 6 aliphatic rings. The van der Waals surface area contributed by atoms with Gasteiger partial charge in [-0.05, 0) is 98.4 Å². The van der Waals surface area contributed by atoms with Crippen molar-refractivity contribution in [1.82, 2.24) is 45.8 Å². The summed E-state index contributed by atoms with van der Waals surface area (Å²) in [7, 11) is 8.69. The largest absolute Gasteiger partial charge is 0.481 e. The smallest absolute Gasteiger partial charge is 0.411 e. The first kappa shape index (κ1) is 96.7. The predicted octanol–water partition coefficient (Wildman–Crippen LogP) is 11.5. The highest BCUT2D eigenvalue weighted by molar-refractivity contribution is 8.77. The molecule has 662 valence electrons. The number of aliphatic carboxylic acids is 3. The molecule has 0 radical (unpaired) electrons. The molecule has 5 aromatic carbocycles. The molecule has 33 nitrogen and oxygen atoms in total. The molecule has 0 spiro atoms. The summed E-state index contributed by atoms with van der Waals surface area (Å²) >= 11 is 0. The van der Waals surface area contributed by atoms with Crippen LogP contribution < -0.4 is 37.2 Å². The Morgan fingerprint density at radius 1 is 0.452 bits per heavy atom. The van der Waals surface area contributed by atoms with E-state index in [0.29, 0.717) is 154 Å². The van der Waals surface area contributed by atoms with Crippen LogP contribution >= 0.6 is 64.8 Å². The van der Waals surface area contributed by atoms with Crippen molar-refractivity contribution in [2.24, 2.45) is 5.92 Å². The van der Waals surface area contributed by atoms with Crippen LogP contribution in [-0.2, 0) is 90.1 Å². The van der Waals surface area contributed by atoms with Crippen molar-refractivity contribution in [2.75, 3.05) is 83.4 Å². The lowest BCUT2D eigenvalue weighted by Gasteiger charge is -2.31. The highest BCUT2D eigenvalue weighted by atomic mass is 33.1. The van der Waals surface area contributed by atoms with Crippen LogP contribution in [-0.4, -0.2) is 221 Å². The quantitative estimate of drug-likeness (QED) is 0.00989. The summed E-state index contributed by atoms with van der Waals surface area (Å²) in [5.41, 5.74) is 8.32. The number of hydrogen-bond acceptors (Lipinski definition) is 24. The van der Waals surface area contributed by atoms with Crippen LogP contribution in [0.15, 0.2) is 152 Å². The zero-order chi connectivity index (χ0) is 89.4. The Kier molecular flexibility index (Phi) is 38.0. The van der Waals surface area contributed by atoms with Gasteiger partial charge in [-0.25, -0.2) is 19.2 Å². The van der Waals surface area contributed by atoms with Crippen molar-refractivity contribution in [1.29, 1.82) is 0 Å². The molecule has 5 aromatic rings. The van der Waals surface area contributed by atoms with Crippen LogP contribution in [0.25, 0.3) is 0 Å². The minimum Gasteiger partial charge on any atom is -0.481 e. The number of carbonyl (C=O) groups excluding carboxylic acids is 12. The molecule has 3 saturated heterocycles. The van der Waals surface area contributed by atoms with Gasteiger partial charge in [-0.15, -0.1) is 0 Å². The van der Waals surface area contributed by atoms with Crippen molar-refractivity contribution >= 4 is 171 Å². The lowest BCUT2D eigenvalue weighted by atomic mass is 10.0. The van der Waals surface area contributed by atoms with Crippen molar-refractivity contribution in [3.63, 3.8) is 0 Å². The number of fused-ring (bicyclic) bond motifs is 3. The van der Waals surface area contributed by atoms with Gasteiger partial charge in [0.15, 0.2) is 0 Å². The highest BCUT2D eigenvalue weighted by Crippen LogP contribution is 2.37. The van der Waals surface area contributed by atoms with E-state index in [-0.39, 0.29) is 144 Å². The molecule has 0 saturated carbocycles. The number of allylic oxidation sites excluding steroid dienone is 3. The van der Waals surface area contributed by atoms with E-state index >= 15 is 0 Å². The third kappa shape index (κ3) is 29.5. The fourth-order valence-electron chi connectivity index (χ4n) is 13.8. The summed E-state index contributed by atoms with van der Waals surface area (Å²) in [6.07, 6.45) is 2.20. The standard InChI is InChI=1S/C30H34N4O7S2.C29H32N4O7S2.C26H34N4O7S2/c1-20-10-11-25(28(38)31-20)34-19-23-22(29(34)39)8-5-9-24(23)32-30(40)41-15-17-43-42-16-13-26(35)33(14-12-27(36)37)18-21-6-3-2-4-7-21;1-19-10-11-24(27(37)30-19)33-17-22-21(28(33)38)8-5-9-23(22)31-29(39)40-13-15-42-41-14-12-25(34)32(18-26(35)36)16-20-6-3-2-4-7-20;1-15(2)13-20(25(34)35)28-22(31)9-11-38-39-12-10-37-26(36)29-19-6-4-5-17-18(19)14-30(24(17)33)21-8-7-16(3)27-23(21)32/h2-9,25H,1,10-19H2,(H,31,38)(H,32,40)(H,36,37);2-9,24H,1,10-18H2,(H,30,37)(H,31,39)(H,35,36);4-6,15,20-21H,3,7-14H2,1-2H3,(H,27,32)(H,28,31)(H,29,36)(H,34,35)/t;;20-,21?/m..0/s1. The maximum Gasteiger partial charge on any atom is 0.411 e. The first-order valence-electron chi connectivity index (χ1n) is 39.9. The Morgan fingerprint density at radius 3 is 1.14 bits per heavy atom. The molecular weight excluding hydrogens is 1720 g/mol. The normalized spacial score (nSPS) is 16.5. The minimum absolute atomic E-state index is 0.115. The maximum atomic E-state index is 13.0. The number of hydrogen-bond donors (Lipinski definition) is 10. The summed E-state index contributed by atoms with van der Waals surface area (Å²) in [6.45, 7) is 16.5. The van der Waals surface area contributed by atoms with Gasteiger partial charge in [0.1, 0.15) is 50.5 Å². The highest BCUT2D eigenvalue weighted by Gasteiger charge is 2.43. The molecule has 6 aliphatic heterocycles. The van der Waals surface area contributed by atoms with Gasteiger partial charge >= 0.3 is 36.2 Å². The summed E-state index contributed by atoms with van der Waals surface area (Å²) in [4.78, 5) is 192. The van der Waals surface area contributed by atoms with Crippen molar-refractivity contribution < 1.29 is 101 Å². The lowest BCUT2D eigenvalue weighted by molar-refractivity contribution is -0.144. The van der Waals surface area contributed by atoms with Gasteiger partial charge in [-0.2, -0.15) is 0 Å².